The molecule has 1 N–H and O–H groups in total. The van der Waals surface area contributed by atoms with E-state index in [2.05, 4.69) is 10.2 Å². The van der Waals surface area contributed by atoms with Crippen molar-refractivity contribution >= 4 is 5.91 Å². The first-order chi connectivity index (χ1) is 7.43. The Morgan fingerprint density at radius 1 is 1.44 bits per heavy atom. The molecule has 1 heterocycles. The minimum Gasteiger partial charge on any atom is -0.379 e. The quantitative estimate of drug-likeness (QED) is 0.772. The Hall–Kier alpha value is -0.750. The van der Waals surface area contributed by atoms with E-state index in [-0.39, 0.29) is 12.1 Å². The van der Waals surface area contributed by atoms with Crippen molar-refractivity contribution in [3.8, 4) is 0 Å². The Bertz CT molecular complexity index is 241. The van der Waals surface area contributed by atoms with Crippen LogP contribution in [-0.2, 0) is 9.53 Å². The van der Waals surface area contributed by atoms with Gasteiger partial charge >= 0.3 is 6.43 Å². The van der Waals surface area contributed by atoms with E-state index >= 15 is 0 Å². The lowest BCUT2D eigenvalue weighted by Gasteiger charge is -2.40. The van der Waals surface area contributed by atoms with Crippen LogP contribution in [0.15, 0.2) is 0 Å². The predicted octanol–water partition coefficient (Wildman–Crippen LogP) is 0.479. The summed E-state index contributed by atoms with van der Waals surface area (Å²) in [5, 5.41) is 2.25. The van der Waals surface area contributed by atoms with E-state index in [1.165, 1.54) is 0 Å². The molecule has 0 spiro atoms. The number of morpholine rings is 1. The van der Waals surface area contributed by atoms with Gasteiger partial charge in [0.25, 0.3) is 5.91 Å². The summed E-state index contributed by atoms with van der Waals surface area (Å²) in [5.41, 5.74) is -0.325. The minimum atomic E-state index is -2.94. The Morgan fingerprint density at radius 2 is 2.00 bits per heavy atom. The molecule has 0 unspecified atom stereocenters. The smallest absolute Gasteiger partial charge is 0.315 e. The summed E-state index contributed by atoms with van der Waals surface area (Å²) < 4.78 is 29.2. The van der Waals surface area contributed by atoms with Crippen LogP contribution in [0.2, 0.25) is 0 Å². The number of rotatable bonds is 4. The number of ether oxygens (including phenoxy) is 1. The fourth-order valence-corrected chi connectivity index (χ4v) is 1.66. The van der Waals surface area contributed by atoms with Gasteiger partial charge in [-0.15, -0.1) is 0 Å². The summed E-state index contributed by atoms with van der Waals surface area (Å²) in [5.74, 6) is -1.21. The van der Waals surface area contributed by atoms with Crippen molar-refractivity contribution in [2.45, 2.75) is 25.8 Å². The predicted molar refractivity (Wildman–Crippen MR) is 55.5 cm³/mol. The fourth-order valence-electron chi connectivity index (χ4n) is 1.66. The zero-order valence-corrected chi connectivity index (χ0v) is 9.63. The van der Waals surface area contributed by atoms with Crippen molar-refractivity contribution in [3.63, 3.8) is 0 Å². The van der Waals surface area contributed by atoms with Gasteiger partial charge < -0.3 is 10.1 Å². The highest BCUT2D eigenvalue weighted by atomic mass is 19.3. The van der Waals surface area contributed by atoms with E-state index in [0.29, 0.717) is 13.2 Å². The Labute approximate surface area is 93.9 Å². The molecule has 0 aromatic heterocycles. The second-order valence-electron chi connectivity index (χ2n) is 4.43. The zero-order chi connectivity index (χ0) is 12.2. The van der Waals surface area contributed by atoms with Crippen molar-refractivity contribution < 1.29 is 18.3 Å². The zero-order valence-electron chi connectivity index (χ0n) is 9.63. The number of alkyl halides is 2. The molecular formula is C10H18F2N2O2. The number of halogens is 2. The maximum atomic E-state index is 12.0. The molecule has 4 nitrogen and oxygen atoms in total. The molecule has 94 valence electrons. The fraction of sp³-hybridized carbons (Fsp3) is 0.900. The van der Waals surface area contributed by atoms with Gasteiger partial charge in [0, 0.05) is 25.2 Å². The van der Waals surface area contributed by atoms with E-state index in [4.69, 9.17) is 4.74 Å². The van der Waals surface area contributed by atoms with Crippen LogP contribution in [0.25, 0.3) is 0 Å². The first-order valence-corrected chi connectivity index (χ1v) is 5.32. The molecule has 0 aliphatic carbocycles. The molecule has 0 aromatic rings. The molecule has 1 rings (SSSR count). The van der Waals surface area contributed by atoms with E-state index in [1.807, 2.05) is 13.8 Å². The number of nitrogens with one attached hydrogen (secondary N) is 1. The number of carbonyl (C=O) groups excluding carboxylic acids is 1. The maximum absolute atomic E-state index is 12.0. The van der Waals surface area contributed by atoms with Gasteiger partial charge in [-0.3, -0.25) is 9.69 Å². The molecule has 0 atom stereocenters. The molecule has 0 aromatic carbocycles. The van der Waals surface area contributed by atoms with Crippen LogP contribution in [-0.4, -0.2) is 55.6 Å². The van der Waals surface area contributed by atoms with Gasteiger partial charge in [-0.2, -0.15) is 8.78 Å². The van der Waals surface area contributed by atoms with Gasteiger partial charge in [0.2, 0.25) is 0 Å². The average molecular weight is 236 g/mol. The molecule has 1 aliphatic rings. The Morgan fingerprint density at radius 3 is 2.50 bits per heavy atom. The molecular weight excluding hydrogens is 218 g/mol. The number of hydrogen-bond acceptors (Lipinski definition) is 3. The number of carbonyl (C=O) groups is 1. The first kappa shape index (κ1) is 13.3. The van der Waals surface area contributed by atoms with E-state index in [1.54, 1.807) is 0 Å². The summed E-state index contributed by atoms with van der Waals surface area (Å²) in [6, 6.07) is 0. The van der Waals surface area contributed by atoms with Crippen molar-refractivity contribution in [3.05, 3.63) is 0 Å². The number of nitrogens with zero attached hydrogens (tertiary/aromatic N) is 1. The SMILES string of the molecule is CC(C)(CNC(=O)C(F)F)N1CCOCC1. The molecule has 1 fully saturated rings. The van der Waals surface area contributed by atoms with Crippen molar-refractivity contribution in [2.24, 2.45) is 0 Å². The molecule has 1 saturated heterocycles. The van der Waals surface area contributed by atoms with Crippen molar-refractivity contribution in [1.82, 2.24) is 10.2 Å². The standard InChI is InChI=1S/C10H18F2N2O2/c1-10(2,7-13-9(15)8(11)12)14-3-5-16-6-4-14/h8H,3-7H2,1-2H3,(H,13,15). The highest BCUT2D eigenvalue weighted by Crippen LogP contribution is 2.15. The average Bonchev–Trinajstić information content (AvgIpc) is 2.27. The molecule has 0 saturated carbocycles. The summed E-state index contributed by atoms with van der Waals surface area (Å²) in [6.07, 6.45) is -2.94. The molecule has 1 amide bonds. The molecule has 16 heavy (non-hydrogen) atoms. The summed E-state index contributed by atoms with van der Waals surface area (Å²) in [7, 11) is 0. The molecule has 6 heteroatoms. The van der Waals surface area contributed by atoms with E-state index < -0.39 is 12.3 Å². The highest BCUT2D eigenvalue weighted by Gasteiger charge is 2.29. The van der Waals surface area contributed by atoms with Gasteiger partial charge in [-0.05, 0) is 13.8 Å². The third-order valence-corrected chi connectivity index (χ3v) is 2.76. The Balaban J connectivity index is 2.40. The third kappa shape index (κ3) is 3.68. The molecule has 1 aliphatic heterocycles. The monoisotopic (exact) mass is 236 g/mol. The van der Waals surface area contributed by atoms with Crippen LogP contribution in [0.3, 0.4) is 0 Å². The summed E-state index contributed by atoms with van der Waals surface area (Å²) in [4.78, 5) is 12.9. The van der Waals surface area contributed by atoms with Crippen LogP contribution in [0, 0.1) is 0 Å². The van der Waals surface area contributed by atoms with Crippen LogP contribution in [0.4, 0.5) is 8.78 Å². The number of hydrogen-bond donors (Lipinski definition) is 1. The van der Waals surface area contributed by atoms with Gasteiger partial charge in [0.1, 0.15) is 0 Å². The Kier molecular flexibility index (Phi) is 4.61. The second-order valence-corrected chi connectivity index (χ2v) is 4.43. The first-order valence-electron chi connectivity index (χ1n) is 5.32. The van der Waals surface area contributed by atoms with Crippen LogP contribution in [0.5, 0.6) is 0 Å². The third-order valence-electron chi connectivity index (χ3n) is 2.76. The second kappa shape index (κ2) is 5.54. The normalized spacial score (nSPS) is 18.8. The van der Waals surface area contributed by atoms with Gasteiger partial charge in [0.05, 0.1) is 13.2 Å². The van der Waals surface area contributed by atoms with Gasteiger partial charge in [-0.1, -0.05) is 0 Å². The largest absolute Gasteiger partial charge is 0.379 e. The lowest BCUT2D eigenvalue weighted by Crippen LogP contribution is -2.55. The van der Waals surface area contributed by atoms with Gasteiger partial charge in [0.15, 0.2) is 0 Å². The van der Waals surface area contributed by atoms with Crippen LogP contribution >= 0.6 is 0 Å². The summed E-state index contributed by atoms with van der Waals surface area (Å²) >= 11 is 0. The van der Waals surface area contributed by atoms with Crippen LogP contribution in [0.1, 0.15) is 13.8 Å². The van der Waals surface area contributed by atoms with E-state index in [0.717, 1.165) is 13.1 Å². The highest BCUT2D eigenvalue weighted by molar-refractivity contribution is 5.79. The molecule has 0 bridgehead atoms. The maximum Gasteiger partial charge on any atom is 0.315 e. The lowest BCUT2D eigenvalue weighted by atomic mass is 10.0. The lowest BCUT2D eigenvalue weighted by molar-refractivity contribution is -0.132. The van der Waals surface area contributed by atoms with Crippen LogP contribution < -0.4 is 5.32 Å². The molecule has 0 radical (unpaired) electrons. The topological polar surface area (TPSA) is 41.6 Å². The number of amides is 1. The summed E-state index contributed by atoms with van der Waals surface area (Å²) in [6.45, 7) is 6.87. The van der Waals surface area contributed by atoms with E-state index in [9.17, 15) is 13.6 Å². The van der Waals surface area contributed by atoms with Crippen molar-refractivity contribution in [1.29, 1.82) is 0 Å². The van der Waals surface area contributed by atoms with Crippen molar-refractivity contribution in [2.75, 3.05) is 32.8 Å². The van der Waals surface area contributed by atoms with Gasteiger partial charge in [-0.25, -0.2) is 0 Å². The minimum absolute atomic E-state index is 0.218.